The number of hydrogen-bond donors (Lipinski definition) is 0. The largest absolute Gasteiger partial charge is 0.143 e. The predicted molar refractivity (Wildman–Crippen MR) is 67.0 cm³/mol. The second kappa shape index (κ2) is 3.07. The van der Waals surface area contributed by atoms with E-state index in [2.05, 4.69) is 57.7 Å². The van der Waals surface area contributed by atoms with Gasteiger partial charge in [0.1, 0.15) is 0 Å². The molecule has 0 amide bonds. The molecule has 0 N–H and O–H groups in total. The van der Waals surface area contributed by atoms with E-state index in [-0.39, 0.29) is 0 Å². The number of rotatable bonds is 0. The molecule has 2 heteroatoms. The lowest BCUT2D eigenvalue weighted by Gasteiger charge is -1.97. The molecular weight excluding hydrogens is 256 g/mol. The highest BCUT2D eigenvalue weighted by Crippen LogP contribution is 2.33. The lowest BCUT2D eigenvalue weighted by Crippen LogP contribution is -1.71. The van der Waals surface area contributed by atoms with E-state index in [1.165, 1.54) is 25.3 Å². The van der Waals surface area contributed by atoms with Crippen molar-refractivity contribution in [3.05, 3.63) is 46.3 Å². The molecule has 0 atom stereocenters. The summed E-state index contributed by atoms with van der Waals surface area (Å²) in [5.74, 6) is 0. The number of fused-ring (bicyclic) bond motifs is 2. The minimum absolute atomic E-state index is 1.20. The first-order chi connectivity index (χ1) is 6.84. The van der Waals surface area contributed by atoms with E-state index >= 15 is 0 Å². The number of thiophene rings is 1. The molecule has 0 bridgehead atoms. The minimum atomic E-state index is 1.20. The highest BCUT2D eigenvalue weighted by atomic mass is 79.9. The minimum Gasteiger partial charge on any atom is -0.143 e. The summed E-state index contributed by atoms with van der Waals surface area (Å²) in [7, 11) is 0. The topological polar surface area (TPSA) is 0 Å². The van der Waals surface area contributed by atoms with Crippen LogP contribution >= 0.6 is 27.3 Å². The van der Waals surface area contributed by atoms with Crippen LogP contribution in [0.5, 0.6) is 0 Å². The van der Waals surface area contributed by atoms with E-state index in [0.717, 1.165) is 0 Å². The van der Waals surface area contributed by atoms with Crippen LogP contribution in [0.2, 0.25) is 0 Å². The zero-order chi connectivity index (χ0) is 9.54. The van der Waals surface area contributed by atoms with Gasteiger partial charge in [-0.2, -0.15) is 0 Å². The van der Waals surface area contributed by atoms with Gasteiger partial charge in [-0.15, -0.1) is 11.3 Å². The van der Waals surface area contributed by atoms with Gasteiger partial charge in [-0.1, -0.05) is 24.3 Å². The van der Waals surface area contributed by atoms with E-state index in [1.807, 2.05) is 0 Å². The van der Waals surface area contributed by atoms with Crippen LogP contribution < -0.4 is 0 Å². The Hall–Kier alpha value is -0.860. The smallest absolute Gasteiger partial charge is 0.0361 e. The molecule has 0 unspecified atom stereocenters. The summed E-state index contributed by atoms with van der Waals surface area (Å²) in [5.41, 5.74) is 0. The van der Waals surface area contributed by atoms with Crippen LogP contribution in [-0.2, 0) is 0 Å². The fourth-order valence-electron chi connectivity index (χ4n) is 1.68. The van der Waals surface area contributed by atoms with Crippen LogP contribution in [0.4, 0.5) is 0 Å². The Kier molecular flexibility index (Phi) is 1.85. The standard InChI is InChI=1S/C12H7BrS/c13-11-7-14-12-6-9-4-2-1-3-8(9)5-10(11)12/h1-7H. The van der Waals surface area contributed by atoms with Gasteiger partial charge in [0.2, 0.25) is 0 Å². The predicted octanol–water partition coefficient (Wildman–Crippen LogP) is 4.82. The SMILES string of the molecule is Brc1csc2cc3ccccc3cc12. The number of halogens is 1. The molecule has 0 saturated carbocycles. The lowest BCUT2D eigenvalue weighted by atomic mass is 10.1. The summed E-state index contributed by atoms with van der Waals surface area (Å²) >= 11 is 5.34. The molecule has 2 aromatic carbocycles. The second-order valence-electron chi connectivity index (χ2n) is 3.28. The monoisotopic (exact) mass is 262 g/mol. The molecule has 0 aliphatic rings. The van der Waals surface area contributed by atoms with Crippen LogP contribution in [0.1, 0.15) is 0 Å². The molecule has 0 aliphatic carbocycles. The summed E-state index contributed by atoms with van der Waals surface area (Å²) in [4.78, 5) is 0. The quantitative estimate of drug-likeness (QED) is 0.545. The van der Waals surface area contributed by atoms with Crippen molar-refractivity contribution in [3.8, 4) is 0 Å². The maximum Gasteiger partial charge on any atom is 0.0361 e. The first-order valence-electron chi connectivity index (χ1n) is 4.40. The third kappa shape index (κ3) is 1.18. The normalized spacial score (nSPS) is 11.2. The number of hydrogen-bond acceptors (Lipinski definition) is 1. The van der Waals surface area contributed by atoms with Gasteiger partial charge in [0, 0.05) is 19.9 Å². The average molecular weight is 263 g/mol. The van der Waals surface area contributed by atoms with Crippen molar-refractivity contribution >= 4 is 48.1 Å². The molecule has 0 fully saturated rings. The zero-order valence-corrected chi connectivity index (χ0v) is 9.73. The molecule has 3 aromatic rings. The maximum atomic E-state index is 3.56. The van der Waals surface area contributed by atoms with Crippen LogP contribution in [0.3, 0.4) is 0 Å². The molecule has 68 valence electrons. The fraction of sp³-hybridized carbons (Fsp3) is 0. The highest BCUT2D eigenvalue weighted by Gasteiger charge is 2.02. The van der Waals surface area contributed by atoms with Gasteiger partial charge < -0.3 is 0 Å². The van der Waals surface area contributed by atoms with Crippen molar-refractivity contribution in [2.45, 2.75) is 0 Å². The van der Waals surface area contributed by atoms with Crippen molar-refractivity contribution < 1.29 is 0 Å². The van der Waals surface area contributed by atoms with Gasteiger partial charge in [-0.25, -0.2) is 0 Å². The van der Waals surface area contributed by atoms with Crippen LogP contribution in [0, 0.1) is 0 Å². The maximum absolute atomic E-state index is 3.56. The second-order valence-corrected chi connectivity index (χ2v) is 5.04. The molecule has 0 spiro atoms. The Morgan fingerprint density at radius 2 is 1.71 bits per heavy atom. The Morgan fingerprint density at radius 1 is 1.00 bits per heavy atom. The van der Waals surface area contributed by atoms with Crippen LogP contribution in [0.25, 0.3) is 20.9 Å². The van der Waals surface area contributed by atoms with Crippen molar-refractivity contribution in [1.82, 2.24) is 0 Å². The molecule has 1 aromatic heterocycles. The van der Waals surface area contributed by atoms with Gasteiger partial charge in [-0.05, 0) is 38.8 Å². The van der Waals surface area contributed by atoms with Crippen molar-refractivity contribution in [2.75, 3.05) is 0 Å². The molecule has 1 heterocycles. The van der Waals surface area contributed by atoms with E-state index < -0.39 is 0 Å². The van der Waals surface area contributed by atoms with Gasteiger partial charge in [-0.3, -0.25) is 0 Å². The van der Waals surface area contributed by atoms with Gasteiger partial charge >= 0.3 is 0 Å². The summed E-state index contributed by atoms with van der Waals surface area (Å²) in [6.45, 7) is 0. The zero-order valence-electron chi connectivity index (χ0n) is 7.33. The average Bonchev–Trinajstić information content (AvgIpc) is 2.57. The van der Waals surface area contributed by atoms with Crippen molar-refractivity contribution in [3.63, 3.8) is 0 Å². The van der Waals surface area contributed by atoms with Gasteiger partial charge in [0.15, 0.2) is 0 Å². The fourth-order valence-corrected chi connectivity index (χ4v) is 3.27. The molecule has 0 radical (unpaired) electrons. The molecule has 0 saturated heterocycles. The summed E-state index contributed by atoms with van der Waals surface area (Å²) in [5, 5.41) is 6.07. The van der Waals surface area contributed by atoms with E-state index in [1.54, 1.807) is 11.3 Å². The Balaban J connectivity index is 2.54. The molecular formula is C12H7BrS. The molecule has 0 aliphatic heterocycles. The third-order valence-electron chi connectivity index (χ3n) is 2.39. The Labute approximate surface area is 94.3 Å². The molecule has 0 nitrogen and oxygen atoms in total. The number of benzene rings is 2. The molecule has 14 heavy (non-hydrogen) atoms. The van der Waals surface area contributed by atoms with E-state index in [0.29, 0.717) is 0 Å². The lowest BCUT2D eigenvalue weighted by molar-refractivity contribution is 1.81. The van der Waals surface area contributed by atoms with E-state index in [9.17, 15) is 0 Å². The van der Waals surface area contributed by atoms with Gasteiger partial charge in [0.05, 0.1) is 0 Å². The van der Waals surface area contributed by atoms with Crippen LogP contribution in [-0.4, -0.2) is 0 Å². The Bertz CT molecular complexity index is 610. The Morgan fingerprint density at radius 3 is 2.50 bits per heavy atom. The summed E-state index contributed by atoms with van der Waals surface area (Å²) in [6.07, 6.45) is 0. The third-order valence-corrected chi connectivity index (χ3v) is 4.30. The highest BCUT2D eigenvalue weighted by molar-refractivity contribution is 9.10. The molecule has 3 rings (SSSR count). The van der Waals surface area contributed by atoms with E-state index in [4.69, 9.17) is 0 Å². The first kappa shape index (κ1) is 8.45. The summed E-state index contributed by atoms with van der Waals surface area (Å²) < 4.78 is 2.54. The van der Waals surface area contributed by atoms with Gasteiger partial charge in [0.25, 0.3) is 0 Å². The first-order valence-corrected chi connectivity index (χ1v) is 6.07. The van der Waals surface area contributed by atoms with Crippen molar-refractivity contribution in [2.24, 2.45) is 0 Å². The van der Waals surface area contributed by atoms with Crippen molar-refractivity contribution in [1.29, 1.82) is 0 Å². The summed E-state index contributed by atoms with van der Waals surface area (Å²) in [6, 6.07) is 13.0. The van der Waals surface area contributed by atoms with Crippen LogP contribution in [0.15, 0.2) is 46.3 Å².